The SMILES string of the molecule is COc1cc(Cl)nc(NC(=O)c2cccc(C)c2I)n1. The lowest BCUT2D eigenvalue weighted by Gasteiger charge is -2.08. The Morgan fingerprint density at radius 3 is 2.85 bits per heavy atom. The van der Waals surface area contributed by atoms with E-state index in [0.29, 0.717) is 11.4 Å². The molecule has 0 fully saturated rings. The van der Waals surface area contributed by atoms with Gasteiger partial charge in [-0.2, -0.15) is 4.98 Å². The number of nitrogens with one attached hydrogen (secondary N) is 1. The van der Waals surface area contributed by atoms with Crippen molar-refractivity contribution in [2.24, 2.45) is 0 Å². The molecule has 1 heterocycles. The molecule has 0 unspecified atom stereocenters. The predicted octanol–water partition coefficient (Wildman–Crippen LogP) is 3.30. The zero-order valence-electron chi connectivity index (χ0n) is 10.8. The second-order valence-electron chi connectivity index (χ2n) is 3.95. The standard InChI is InChI=1S/C13H11ClIN3O2/c1-7-4-3-5-8(11(7)15)12(19)18-13-16-9(14)6-10(17-13)20-2/h3-6H,1-2H3,(H,16,17,18,19). The number of aryl methyl sites for hydroxylation is 1. The monoisotopic (exact) mass is 403 g/mol. The van der Waals surface area contributed by atoms with Crippen LogP contribution in [0.2, 0.25) is 5.15 Å². The fourth-order valence-corrected chi connectivity index (χ4v) is 2.33. The van der Waals surface area contributed by atoms with Crippen molar-refractivity contribution in [1.29, 1.82) is 0 Å². The second kappa shape index (κ2) is 6.36. The largest absolute Gasteiger partial charge is 0.481 e. The van der Waals surface area contributed by atoms with Crippen LogP contribution in [0.4, 0.5) is 5.95 Å². The summed E-state index contributed by atoms with van der Waals surface area (Å²) in [7, 11) is 1.47. The number of carbonyl (C=O) groups excluding carboxylic acids is 1. The molecule has 0 radical (unpaired) electrons. The van der Waals surface area contributed by atoms with Crippen LogP contribution in [0.3, 0.4) is 0 Å². The highest BCUT2D eigenvalue weighted by Crippen LogP contribution is 2.19. The number of carbonyl (C=O) groups is 1. The third-order valence-corrected chi connectivity index (χ3v) is 4.17. The van der Waals surface area contributed by atoms with Crippen molar-refractivity contribution in [2.45, 2.75) is 6.92 Å². The van der Waals surface area contributed by atoms with Crippen LogP contribution in [-0.4, -0.2) is 23.0 Å². The lowest BCUT2D eigenvalue weighted by atomic mass is 10.1. The van der Waals surface area contributed by atoms with Crippen LogP contribution in [0, 0.1) is 10.5 Å². The van der Waals surface area contributed by atoms with Crippen LogP contribution < -0.4 is 10.1 Å². The van der Waals surface area contributed by atoms with Gasteiger partial charge in [-0.05, 0) is 41.1 Å². The summed E-state index contributed by atoms with van der Waals surface area (Å²) >= 11 is 7.96. The van der Waals surface area contributed by atoms with Gasteiger partial charge in [0.1, 0.15) is 5.15 Å². The molecule has 0 bridgehead atoms. The molecule has 0 saturated carbocycles. The maximum absolute atomic E-state index is 12.2. The molecule has 0 aliphatic carbocycles. The molecule has 2 aromatic rings. The van der Waals surface area contributed by atoms with Gasteiger partial charge in [0.15, 0.2) is 0 Å². The normalized spacial score (nSPS) is 10.2. The number of nitrogens with zero attached hydrogens (tertiary/aromatic N) is 2. The number of halogens is 2. The number of ether oxygens (including phenoxy) is 1. The molecule has 104 valence electrons. The molecule has 20 heavy (non-hydrogen) atoms. The van der Waals surface area contributed by atoms with E-state index in [1.807, 2.05) is 19.1 Å². The van der Waals surface area contributed by atoms with Gasteiger partial charge in [-0.1, -0.05) is 23.7 Å². The van der Waals surface area contributed by atoms with Gasteiger partial charge in [0.25, 0.3) is 5.91 Å². The van der Waals surface area contributed by atoms with E-state index in [4.69, 9.17) is 16.3 Å². The summed E-state index contributed by atoms with van der Waals surface area (Å²) in [5.74, 6) is 0.110. The van der Waals surface area contributed by atoms with Gasteiger partial charge in [-0.3, -0.25) is 10.1 Å². The van der Waals surface area contributed by atoms with E-state index in [2.05, 4.69) is 37.9 Å². The Bertz CT molecular complexity index is 664. The van der Waals surface area contributed by atoms with Crippen molar-refractivity contribution in [3.63, 3.8) is 0 Å². The molecular formula is C13H11ClIN3O2. The number of methoxy groups -OCH3 is 1. The summed E-state index contributed by atoms with van der Waals surface area (Å²) in [5, 5.41) is 2.81. The van der Waals surface area contributed by atoms with E-state index >= 15 is 0 Å². The average molecular weight is 404 g/mol. The van der Waals surface area contributed by atoms with E-state index in [9.17, 15) is 4.79 Å². The minimum Gasteiger partial charge on any atom is -0.481 e. The Balaban J connectivity index is 2.28. The summed E-state index contributed by atoms with van der Waals surface area (Å²) in [4.78, 5) is 20.2. The molecule has 0 aliphatic heterocycles. The van der Waals surface area contributed by atoms with E-state index < -0.39 is 0 Å². The zero-order valence-corrected chi connectivity index (χ0v) is 13.7. The first-order chi connectivity index (χ1) is 9.51. The molecule has 1 N–H and O–H groups in total. The average Bonchev–Trinajstić information content (AvgIpc) is 2.41. The predicted molar refractivity (Wildman–Crippen MR) is 85.4 cm³/mol. The highest BCUT2D eigenvalue weighted by atomic mass is 127. The second-order valence-corrected chi connectivity index (χ2v) is 5.41. The Hall–Kier alpha value is -1.41. The van der Waals surface area contributed by atoms with E-state index in [1.54, 1.807) is 6.07 Å². The Labute approximate surface area is 134 Å². The van der Waals surface area contributed by atoms with Crippen LogP contribution >= 0.6 is 34.2 Å². The number of rotatable bonds is 3. The molecule has 1 amide bonds. The molecule has 0 saturated heterocycles. The van der Waals surface area contributed by atoms with Crippen LogP contribution in [0.25, 0.3) is 0 Å². The summed E-state index contributed by atoms with van der Waals surface area (Å²) in [6.45, 7) is 1.94. The van der Waals surface area contributed by atoms with Crippen LogP contribution in [0.15, 0.2) is 24.3 Å². The molecule has 5 nitrogen and oxygen atoms in total. The van der Waals surface area contributed by atoms with E-state index in [1.165, 1.54) is 13.2 Å². The lowest BCUT2D eigenvalue weighted by molar-refractivity contribution is 0.102. The molecule has 2 rings (SSSR count). The number of benzene rings is 1. The van der Waals surface area contributed by atoms with Crippen LogP contribution in [-0.2, 0) is 0 Å². The summed E-state index contributed by atoms with van der Waals surface area (Å²) in [6, 6.07) is 6.98. The van der Waals surface area contributed by atoms with Crippen molar-refractivity contribution in [2.75, 3.05) is 12.4 Å². The highest BCUT2D eigenvalue weighted by molar-refractivity contribution is 14.1. The van der Waals surface area contributed by atoms with Gasteiger partial charge in [0.2, 0.25) is 11.8 Å². The molecule has 1 aromatic carbocycles. The van der Waals surface area contributed by atoms with E-state index in [-0.39, 0.29) is 17.0 Å². The number of amides is 1. The smallest absolute Gasteiger partial charge is 0.259 e. The van der Waals surface area contributed by atoms with Crippen LogP contribution in [0.5, 0.6) is 5.88 Å². The van der Waals surface area contributed by atoms with Crippen molar-refractivity contribution >= 4 is 46.0 Å². The number of aromatic nitrogens is 2. The molecule has 1 aromatic heterocycles. The summed E-state index contributed by atoms with van der Waals surface area (Å²) < 4.78 is 5.86. The quantitative estimate of drug-likeness (QED) is 0.631. The minimum atomic E-state index is -0.289. The first kappa shape index (κ1) is 15.0. The van der Waals surface area contributed by atoms with Gasteiger partial charge < -0.3 is 4.74 Å². The first-order valence-corrected chi connectivity index (χ1v) is 7.12. The summed E-state index contributed by atoms with van der Waals surface area (Å²) in [6.07, 6.45) is 0. The number of hydrogen-bond donors (Lipinski definition) is 1. The molecule has 0 aliphatic rings. The van der Waals surface area contributed by atoms with Gasteiger partial charge in [-0.25, -0.2) is 4.98 Å². The molecule has 7 heteroatoms. The minimum absolute atomic E-state index is 0.108. The molecule has 0 spiro atoms. The van der Waals surface area contributed by atoms with E-state index in [0.717, 1.165) is 9.13 Å². The Morgan fingerprint density at radius 2 is 2.15 bits per heavy atom. The van der Waals surface area contributed by atoms with Gasteiger partial charge in [-0.15, -0.1) is 0 Å². The van der Waals surface area contributed by atoms with Gasteiger partial charge >= 0.3 is 0 Å². The molecular weight excluding hydrogens is 393 g/mol. The van der Waals surface area contributed by atoms with Crippen molar-refractivity contribution in [3.05, 3.63) is 44.1 Å². The van der Waals surface area contributed by atoms with Crippen molar-refractivity contribution in [1.82, 2.24) is 9.97 Å². The van der Waals surface area contributed by atoms with Gasteiger partial charge in [0.05, 0.1) is 12.7 Å². The topological polar surface area (TPSA) is 64.1 Å². The Kier molecular flexibility index (Phi) is 4.77. The third-order valence-electron chi connectivity index (χ3n) is 2.54. The zero-order chi connectivity index (χ0) is 14.7. The first-order valence-electron chi connectivity index (χ1n) is 5.66. The highest BCUT2D eigenvalue weighted by Gasteiger charge is 2.13. The number of hydrogen-bond acceptors (Lipinski definition) is 4. The molecule has 0 atom stereocenters. The maximum atomic E-state index is 12.2. The van der Waals surface area contributed by atoms with Gasteiger partial charge in [0, 0.05) is 9.64 Å². The van der Waals surface area contributed by atoms with Crippen molar-refractivity contribution < 1.29 is 9.53 Å². The Morgan fingerprint density at radius 1 is 1.40 bits per heavy atom. The fraction of sp³-hybridized carbons (Fsp3) is 0.154. The lowest BCUT2D eigenvalue weighted by Crippen LogP contribution is -2.16. The summed E-state index contributed by atoms with van der Waals surface area (Å²) in [5.41, 5.74) is 1.59. The third kappa shape index (κ3) is 3.37. The van der Waals surface area contributed by atoms with Crippen molar-refractivity contribution in [3.8, 4) is 5.88 Å². The maximum Gasteiger partial charge on any atom is 0.259 e. The number of anilines is 1. The fourth-order valence-electron chi connectivity index (χ4n) is 1.55. The van der Waals surface area contributed by atoms with Crippen LogP contribution in [0.1, 0.15) is 15.9 Å².